The van der Waals surface area contributed by atoms with Gasteiger partial charge in [0.2, 0.25) is 23.6 Å². The third kappa shape index (κ3) is 10.3. The summed E-state index contributed by atoms with van der Waals surface area (Å²) in [5.74, 6) is -0.874. The molecule has 0 aliphatic carbocycles. The van der Waals surface area contributed by atoms with Gasteiger partial charge in [0.1, 0.15) is 24.4 Å². The summed E-state index contributed by atoms with van der Waals surface area (Å²) in [7, 11) is 0. The lowest BCUT2D eigenvalue weighted by atomic mass is 9.82. The highest BCUT2D eigenvalue weighted by molar-refractivity contribution is 5.99. The summed E-state index contributed by atoms with van der Waals surface area (Å²) in [4.78, 5) is 69.1. The number of benzene rings is 2. The first kappa shape index (κ1) is 42.2. The summed E-state index contributed by atoms with van der Waals surface area (Å²) in [6, 6.07) is 15.3. The van der Waals surface area contributed by atoms with Gasteiger partial charge in [0.05, 0.1) is 30.9 Å². The predicted octanol–water partition coefficient (Wildman–Crippen LogP) is 0.917. The summed E-state index contributed by atoms with van der Waals surface area (Å²) in [5.41, 5.74) is 7.17. The van der Waals surface area contributed by atoms with Crippen LogP contribution < -0.4 is 26.4 Å². The molecule has 17 heteroatoms. The molecule has 5 N–H and O–H groups in total. The van der Waals surface area contributed by atoms with Crippen LogP contribution in [0.2, 0.25) is 0 Å². The van der Waals surface area contributed by atoms with Gasteiger partial charge in [0.15, 0.2) is 0 Å². The standard InChI is InChI=1S/C41H51FN8O8/c1-3-35(52)49-20-21-50(37(54)27-49)38-13-10-29(58-38)9-12-34(51)44-15-23-57-22-14-43-26-36(53)47-16-18-48(19-17-47)40(56)31-24-28(8-11-33(31)42)25-41(2)32-7-5-4-6-30(32)39(55)45-46-41/h3-8,10-11,13,24,34,43-44,46,51H,1,9,12,14-23,25-27H2,2H3,(H,45,55). The number of aryl methyl sites for hydroxylation is 1. The van der Waals surface area contributed by atoms with Gasteiger partial charge in [-0.2, -0.15) is 0 Å². The lowest BCUT2D eigenvalue weighted by Crippen LogP contribution is -2.56. The Morgan fingerprint density at radius 2 is 1.74 bits per heavy atom. The van der Waals surface area contributed by atoms with E-state index in [1.807, 2.05) is 19.1 Å². The topological polar surface area (TPSA) is 189 Å². The maximum atomic E-state index is 15.0. The zero-order chi connectivity index (χ0) is 41.2. The highest BCUT2D eigenvalue weighted by atomic mass is 19.1. The normalized spacial score (nSPS) is 18.8. The lowest BCUT2D eigenvalue weighted by Gasteiger charge is -2.37. The summed E-state index contributed by atoms with van der Waals surface area (Å²) in [6.45, 7) is 8.95. The Kier molecular flexibility index (Phi) is 14.0. The number of aliphatic hydroxyl groups excluding tert-OH is 1. The number of hydrazine groups is 1. The van der Waals surface area contributed by atoms with E-state index in [1.54, 1.807) is 46.2 Å². The van der Waals surface area contributed by atoms with E-state index in [2.05, 4.69) is 28.1 Å². The van der Waals surface area contributed by atoms with Gasteiger partial charge in [-0.05, 0) is 61.2 Å². The fourth-order valence-corrected chi connectivity index (χ4v) is 7.32. The summed E-state index contributed by atoms with van der Waals surface area (Å²) >= 11 is 0. The average Bonchev–Trinajstić information content (AvgIpc) is 3.71. The van der Waals surface area contributed by atoms with Gasteiger partial charge in [-0.25, -0.2) is 9.82 Å². The number of furan rings is 1. The van der Waals surface area contributed by atoms with Crippen LogP contribution in [0, 0.1) is 5.82 Å². The number of nitrogens with one attached hydrogen (secondary N) is 4. The van der Waals surface area contributed by atoms with Gasteiger partial charge in [0, 0.05) is 70.4 Å². The number of anilines is 1. The van der Waals surface area contributed by atoms with Crippen LogP contribution in [0.15, 0.2) is 71.7 Å². The van der Waals surface area contributed by atoms with Crippen LogP contribution in [-0.4, -0.2) is 134 Å². The van der Waals surface area contributed by atoms with Crippen molar-refractivity contribution in [1.29, 1.82) is 0 Å². The van der Waals surface area contributed by atoms with E-state index in [-0.39, 0.29) is 55.4 Å². The number of halogens is 1. The molecule has 2 atom stereocenters. The van der Waals surface area contributed by atoms with Gasteiger partial charge >= 0.3 is 0 Å². The molecule has 2 unspecified atom stereocenters. The number of hydrogen-bond acceptors (Lipinski definition) is 11. The molecule has 6 rings (SSSR count). The number of nitrogens with zero attached hydrogens (tertiary/aromatic N) is 4. The van der Waals surface area contributed by atoms with Crippen LogP contribution in [0.5, 0.6) is 0 Å². The van der Waals surface area contributed by atoms with Crippen LogP contribution in [-0.2, 0) is 37.5 Å². The van der Waals surface area contributed by atoms with Crippen molar-refractivity contribution in [3.63, 3.8) is 0 Å². The van der Waals surface area contributed by atoms with E-state index >= 15 is 0 Å². The summed E-state index contributed by atoms with van der Waals surface area (Å²) < 4.78 is 26.4. The van der Waals surface area contributed by atoms with Crippen molar-refractivity contribution in [2.75, 3.05) is 83.6 Å². The fourth-order valence-electron chi connectivity index (χ4n) is 7.32. The molecule has 3 aromatic rings. The zero-order valence-electron chi connectivity index (χ0n) is 32.6. The highest BCUT2D eigenvalue weighted by Gasteiger charge is 2.36. The highest BCUT2D eigenvalue weighted by Crippen LogP contribution is 2.31. The van der Waals surface area contributed by atoms with E-state index in [1.165, 1.54) is 21.9 Å². The molecular weight excluding hydrogens is 751 g/mol. The minimum Gasteiger partial charge on any atom is -0.445 e. The number of rotatable bonds is 17. The number of ether oxygens (including phenoxy) is 1. The molecule has 1 aromatic heterocycles. The Bertz CT molecular complexity index is 1980. The molecule has 2 fully saturated rings. The molecule has 0 spiro atoms. The van der Waals surface area contributed by atoms with Gasteiger partial charge in [-0.1, -0.05) is 30.8 Å². The molecule has 3 aliphatic rings. The van der Waals surface area contributed by atoms with Gasteiger partial charge < -0.3 is 34.3 Å². The Labute approximate surface area is 336 Å². The number of carbonyl (C=O) groups excluding carboxylic acids is 5. The lowest BCUT2D eigenvalue weighted by molar-refractivity contribution is -0.133. The number of fused-ring (bicyclic) bond motifs is 1. The summed E-state index contributed by atoms with van der Waals surface area (Å²) in [5, 5.41) is 16.4. The fraction of sp³-hybridized carbons (Fsp3) is 0.439. The predicted molar refractivity (Wildman–Crippen MR) is 211 cm³/mol. The second-order valence-electron chi connectivity index (χ2n) is 14.7. The first-order valence-electron chi connectivity index (χ1n) is 19.5. The van der Waals surface area contributed by atoms with Crippen LogP contribution in [0.25, 0.3) is 0 Å². The number of amides is 5. The van der Waals surface area contributed by atoms with Crippen LogP contribution >= 0.6 is 0 Å². The Hall–Kier alpha value is -5.46. The first-order chi connectivity index (χ1) is 28.0. The van der Waals surface area contributed by atoms with E-state index in [4.69, 9.17) is 9.15 Å². The molecule has 2 saturated heterocycles. The minimum atomic E-state index is -0.791. The average molecular weight is 803 g/mol. The van der Waals surface area contributed by atoms with Crippen molar-refractivity contribution >= 4 is 35.4 Å². The minimum absolute atomic E-state index is 0.0329. The maximum Gasteiger partial charge on any atom is 0.265 e. The van der Waals surface area contributed by atoms with Crippen molar-refractivity contribution in [3.8, 4) is 0 Å². The van der Waals surface area contributed by atoms with Crippen LogP contribution in [0.3, 0.4) is 0 Å². The second-order valence-corrected chi connectivity index (χ2v) is 14.7. The Morgan fingerprint density at radius 3 is 2.52 bits per heavy atom. The monoisotopic (exact) mass is 802 g/mol. The van der Waals surface area contributed by atoms with E-state index in [0.29, 0.717) is 89.0 Å². The largest absolute Gasteiger partial charge is 0.445 e. The second kappa shape index (κ2) is 19.3. The zero-order valence-corrected chi connectivity index (χ0v) is 32.6. The maximum absolute atomic E-state index is 15.0. The third-order valence-electron chi connectivity index (χ3n) is 10.6. The molecule has 3 aliphatic heterocycles. The third-order valence-corrected chi connectivity index (χ3v) is 10.6. The molecule has 5 amide bonds. The quantitative estimate of drug-likeness (QED) is 0.0742. The van der Waals surface area contributed by atoms with Crippen molar-refractivity contribution in [2.45, 2.75) is 38.0 Å². The first-order valence-corrected chi connectivity index (χ1v) is 19.5. The number of piperazine rings is 2. The molecule has 58 heavy (non-hydrogen) atoms. The van der Waals surface area contributed by atoms with E-state index in [9.17, 15) is 33.5 Å². The smallest absolute Gasteiger partial charge is 0.265 e. The Balaban J connectivity index is 0.829. The number of aliphatic hydroxyl groups is 1. The molecule has 4 heterocycles. The van der Waals surface area contributed by atoms with Crippen molar-refractivity contribution < 1.29 is 42.6 Å². The molecule has 0 saturated carbocycles. The molecule has 0 bridgehead atoms. The molecule has 310 valence electrons. The van der Waals surface area contributed by atoms with Gasteiger partial charge in [-0.3, -0.25) is 39.6 Å². The number of hydrogen-bond donors (Lipinski definition) is 5. The molecular formula is C41H51FN8O8. The van der Waals surface area contributed by atoms with Gasteiger partial charge in [0.25, 0.3) is 11.8 Å². The van der Waals surface area contributed by atoms with Crippen molar-refractivity contribution in [1.82, 2.24) is 36.2 Å². The van der Waals surface area contributed by atoms with Gasteiger partial charge in [-0.15, -0.1) is 0 Å². The van der Waals surface area contributed by atoms with Crippen molar-refractivity contribution in [3.05, 3.63) is 101 Å². The molecule has 0 radical (unpaired) electrons. The SMILES string of the molecule is C=CC(=O)N1CCN(c2ccc(CCC(O)NCCOCCNCC(=O)N3CCN(C(=O)c4cc(CC5(C)NNC(=O)c6ccccc65)ccc4F)CC3)o2)C(=O)C1. The molecule has 2 aromatic carbocycles. The van der Waals surface area contributed by atoms with E-state index in [0.717, 1.165) is 11.1 Å². The van der Waals surface area contributed by atoms with E-state index < -0.39 is 23.5 Å². The van der Waals surface area contributed by atoms with Crippen LogP contribution in [0.4, 0.5) is 10.3 Å². The van der Waals surface area contributed by atoms with Crippen LogP contribution in [0.1, 0.15) is 50.9 Å². The number of carbonyl (C=O) groups is 5. The van der Waals surface area contributed by atoms with Crippen molar-refractivity contribution in [2.24, 2.45) is 0 Å². The summed E-state index contributed by atoms with van der Waals surface area (Å²) in [6.07, 6.45) is 1.63. The molecule has 16 nitrogen and oxygen atoms in total. The Morgan fingerprint density at radius 1 is 1.00 bits per heavy atom.